The summed E-state index contributed by atoms with van der Waals surface area (Å²) < 4.78 is 5.23. The molecule has 5 nitrogen and oxygen atoms in total. The van der Waals surface area contributed by atoms with Crippen molar-refractivity contribution in [3.8, 4) is 0 Å². The van der Waals surface area contributed by atoms with Gasteiger partial charge in [0, 0.05) is 23.9 Å². The maximum Gasteiger partial charge on any atom is 0.232 e. The van der Waals surface area contributed by atoms with E-state index in [0.29, 0.717) is 38.2 Å². The zero-order valence-corrected chi connectivity index (χ0v) is 16.7. The van der Waals surface area contributed by atoms with Gasteiger partial charge in [-0.1, -0.05) is 17.7 Å². The van der Waals surface area contributed by atoms with Gasteiger partial charge in [-0.05, 0) is 50.5 Å². The third-order valence-corrected chi connectivity index (χ3v) is 6.07. The second kappa shape index (κ2) is 9.13. The molecular weight excluding hydrogens is 360 g/mol. The quantitative estimate of drug-likeness (QED) is 0.772. The van der Waals surface area contributed by atoms with Crippen LogP contribution in [0.25, 0.3) is 0 Å². The van der Waals surface area contributed by atoms with Gasteiger partial charge in [0.2, 0.25) is 11.8 Å². The summed E-state index contributed by atoms with van der Waals surface area (Å²) in [7, 11) is 0. The molecule has 144 valence electrons. The van der Waals surface area contributed by atoms with E-state index in [9.17, 15) is 9.59 Å². The van der Waals surface area contributed by atoms with E-state index in [0.717, 1.165) is 10.7 Å². The second-order valence-corrected chi connectivity index (χ2v) is 8.03. The molecule has 2 aromatic rings. The first-order valence-corrected chi connectivity index (χ1v) is 10.3. The molecule has 0 radical (unpaired) electrons. The van der Waals surface area contributed by atoms with Crippen LogP contribution in [0.1, 0.15) is 29.7 Å². The van der Waals surface area contributed by atoms with E-state index in [2.05, 4.69) is 37.4 Å². The van der Waals surface area contributed by atoms with Crippen LogP contribution in [-0.4, -0.2) is 35.6 Å². The van der Waals surface area contributed by atoms with Crippen LogP contribution >= 0.6 is 11.8 Å². The average molecular weight is 387 g/mol. The number of hydrogen-bond donors (Lipinski definition) is 1. The fraction of sp³-hybridized carbons (Fsp3) is 0.429. The van der Waals surface area contributed by atoms with Crippen LogP contribution < -0.4 is 5.32 Å². The highest BCUT2D eigenvalue weighted by atomic mass is 32.2. The standard InChI is InChI=1S/C21H26N2O3S/c1-15-5-6-16(2)19(12-15)27-14-20(24)23-9-7-17(8-10-23)21(25)22-13-18-4-3-11-26-18/h3-6,11-12,17H,7-10,13-14H2,1-2H3,(H,22,25). The molecule has 3 rings (SSSR count). The maximum absolute atomic E-state index is 12.5. The average Bonchev–Trinajstić information content (AvgIpc) is 3.20. The summed E-state index contributed by atoms with van der Waals surface area (Å²) in [6.45, 7) is 5.83. The van der Waals surface area contributed by atoms with E-state index in [-0.39, 0.29) is 17.7 Å². The first-order chi connectivity index (χ1) is 13.0. The van der Waals surface area contributed by atoms with Crippen molar-refractivity contribution in [1.29, 1.82) is 0 Å². The number of nitrogens with one attached hydrogen (secondary N) is 1. The Morgan fingerprint density at radius 1 is 1.22 bits per heavy atom. The molecule has 1 fully saturated rings. The molecule has 1 aliphatic heterocycles. The second-order valence-electron chi connectivity index (χ2n) is 7.01. The van der Waals surface area contributed by atoms with Crippen molar-refractivity contribution in [2.45, 2.75) is 38.1 Å². The first-order valence-electron chi connectivity index (χ1n) is 9.31. The lowest BCUT2D eigenvalue weighted by atomic mass is 9.96. The third-order valence-electron chi connectivity index (χ3n) is 4.93. The van der Waals surface area contributed by atoms with Crippen LogP contribution in [0.2, 0.25) is 0 Å². The Hall–Kier alpha value is -2.21. The van der Waals surface area contributed by atoms with Crippen molar-refractivity contribution < 1.29 is 14.0 Å². The summed E-state index contributed by atoms with van der Waals surface area (Å²) in [4.78, 5) is 27.9. The number of nitrogens with zero attached hydrogens (tertiary/aromatic N) is 1. The Morgan fingerprint density at radius 2 is 2.00 bits per heavy atom. The van der Waals surface area contributed by atoms with Gasteiger partial charge < -0.3 is 14.6 Å². The maximum atomic E-state index is 12.5. The number of carbonyl (C=O) groups is 2. The van der Waals surface area contributed by atoms with Crippen molar-refractivity contribution >= 4 is 23.6 Å². The Labute approximate surface area is 164 Å². The topological polar surface area (TPSA) is 62.6 Å². The van der Waals surface area contributed by atoms with E-state index in [1.807, 2.05) is 17.0 Å². The molecule has 1 N–H and O–H groups in total. The Balaban J connectivity index is 1.42. The number of hydrogen-bond acceptors (Lipinski definition) is 4. The van der Waals surface area contributed by atoms with Crippen molar-refractivity contribution in [2.75, 3.05) is 18.8 Å². The van der Waals surface area contributed by atoms with Crippen molar-refractivity contribution in [3.63, 3.8) is 0 Å². The van der Waals surface area contributed by atoms with Gasteiger partial charge in [-0.15, -0.1) is 11.8 Å². The van der Waals surface area contributed by atoms with Crippen LogP contribution in [0.5, 0.6) is 0 Å². The molecule has 1 aliphatic rings. The lowest BCUT2D eigenvalue weighted by molar-refractivity contribution is -0.133. The molecule has 2 amide bonds. The number of thioether (sulfide) groups is 1. The Bertz CT molecular complexity index is 781. The van der Waals surface area contributed by atoms with E-state index in [1.54, 1.807) is 18.0 Å². The highest BCUT2D eigenvalue weighted by Gasteiger charge is 2.27. The molecule has 27 heavy (non-hydrogen) atoms. The van der Waals surface area contributed by atoms with Gasteiger partial charge in [0.15, 0.2) is 0 Å². The fourth-order valence-corrected chi connectivity index (χ4v) is 4.24. The Kier molecular flexibility index (Phi) is 6.61. The van der Waals surface area contributed by atoms with E-state index >= 15 is 0 Å². The largest absolute Gasteiger partial charge is 0.467 e. The predicted molar refractivity (Wildman–Crippen MR) is 106 cm³/mol. The van der Waals surface area contributed by atoms with Crippen LogP contribution in [0, 0.1) is 19.8 Å². The molecule has 1 aromatic heterocycles. The van der Waals surface area contributed by atoms with Crippen molar-refractivity contribution in [1.82, 2.24) is 10.2 Å². The van der Waals surface area contributed by atoms with Gasteiger partial charge in [-0.25, -0.2) is 0 Å². The molecule has 0 unspecified atom stereocenters. The van der Waals surface area contributed by atoms with Crippen LogP contribution in [-0.2, 0) is 16.1 Å². The Morgan fingerprint density at radius 3 is 2.70 bits per heavy atom. The number of amides is 2. The lowest BCUT2D eigenvalue weighted by Crippen LogP contribution is -2.43. The SMILES string of the molecule is Cc1ccc(C)c(SCC(=O)N2CCC(C(=O)NCc3ccco3)CC2)c1. The third kappa shape index (κ3) is 5.39. The van der Waals surface area contributed by atoms with Crippen LogP contribution in [0.4, 0.5) is 0 Å². The number of rotatable bonds is 6. The first kappa shape index (κ1) is 19.5. The molecule has 6 heteroatoms. The summed E-state index contributed by atoms with van der Waals surface area (Å²) in [5.74, 6) is 1.35. The van der Waals surface area contributed by atoms with Gasteiger partial charge in [0.25, 0.3) is 0 Å². The van der Waals surface area contributed by atoms with Crippen molar-refractivity contribution in [2.24, 2.45) is 5.92 Å². The minimum absolute atomic E-state index is 0.0318. The van der Waals surface area contributed by atoms with Gasteiger partial charge in [0.1, 0.15) is 5.76 Å². The molecule has 0 bridgehead atoms. The smallest absolute Gasteiger partial charge is 0.232 e. The summed E-state index contributed by atoms with van der Waals surface area (Å²) in [6.07, 6.45) is 3.02. The predicted octanol–water partition coefficient (Wildman–Crippen LogP) is 3.54. The van der Waals surface area contributed by atoms with Gasteiger partial charge in [0.05, 0.1) is 18.6 Å². The summed E-state index contributed by atoms with van der Waals surface area (Å²) in [5.41, 5.74) is 2.40. The summed E-state index contributed by atoms with van der Waals surface area (Å²) in [5, 5.41) is 2.92. The van der Waals surface area contributed by atoms with Crippen molar-refractivity contribution in [3.05, 3.63) is 53.5 Å². The molecule has 0 saturated carbocycles. The summed E-state index contributed by atoms with van der Waals surface area (Å²) >= 11 is 1.60. The molecule has 1 saturated heterocycles. The van der Waals surface area contributed by atoms with E-state index in [4.69, 9.17) is 4.42 Å². The van der Waals surface area contributed by atoms with Gasteiger partial charge >= 0.3 is 0 Å². The minimum Gasteiger partial charge on any atom is -0.467 e. The number of benzene rings is 1. The molecule has 0 spiro atoms. The molecular formula is C21H26N2O3S. The number of furan rings is 1. The normalized spacial score (nSPS) is 15.0. The fourth-order valence-electron chi connectivity index (χ4n) is 3.22. The zero-order chi connectivity index (χ0) is 19.2. The van der Waals surface area contributed by atoms with E-state index in [1.165, 1.54) is 11.1 Å². The van der Waals surface area contributed by atoms with Crippen LogP contribution in [0.3, 0.4) is 0 Å². The van der Waals surface area contributed by atoms with Gasteiger partial charge in [-0.3, -0.25) is 9.59 Å². The molecule has 2 heterocycles. The highest BCUT2D eigenvalue weighted by molar-refractivity contribution is 8.00. The lowest BCUT2D eigenvalue weighted by Gasteiger charge is -2.31. The number of piperidine rings is 1. The zero-order valence-electron chi connectivity index (χ0n) is 15.9. The molecule has 0 atom stereocenters. The van der Waals surface area contributed by atoms with Crippen LogP contribution in [0.15, 0.2) is 45.9 Å². The monoisotopic (exact) mass is 386 g/mol. The van der Waals surface area contributed by atoms with Gasteiger partial charge in [-0.2, -0.15) is 0 Å². The minimum atomic E-state index is -0.0318. The number of aryl methyl sites for hydroxylation is 2. The summed E-state index contributed by atoms with van der Waals surface area (Å²) in [6, 6.07) is 9.96. The molecule has 0 aliphatic carbocycles. The van der Waals surface area contributed by atoms with E-state index < -0.39 is 0 Å². The number of likely N-dealkylation sites (tertiary alicyclic amines) is 1. The highest BCUT2D eigenvalue weighted by Crippen LogP contribution is 2.25. The molecule has 1 aromatic carbocycles. The number of carbonyl (C=O) groups excluding carboxylic acids is 2.